The van der Waals surface area contributed by atoms with Gasteiger partial charge in [-0.1, -0.05) is 206 Å². The minimum atomic E-state index is -3.00. The molecule has 8 aromatic carbocycles. The summed E-state index contributed by atoms with van der Waals surface area (Å²) >= 11 is 0. The first-order valence-corrected chi connectivity index (χ1v) is 27.9. The number of hydrogen-bond donors (Lipinski definition) is 0. The van der Waals surface area contributed by atoms with Crippen LogP contribution in [0.25, 0.3) is 44.2 Å². The van der Waals surface area contributed by atoms with Gasteiger partial charge in [0.25, 0.3) is 0 Å². The number of nitrogens with zero attached hydrogens (tertiary/aromatic N) is 1. The van der Waals surface area contributed by atoms with Crippen LogP contribution in [0.2, 0.25) is 0 Å². The van der Waals surface area contributed by atoms with E-state index in [-0.39, 0.29) is 38.1 Å². The zero-order valence-corrected chi connectivity index (χ0v) is 47.3. The Kier molecular flexibility index (Phi) is 10.2. The molecular formula is C74H79NO. The molecule has 1 unspecified atom stereocenters. The lowest BCUT2D eigenvalue weighted by Crippen LogP contribution is -2.34. The van der Waals surface area contributed by atoms with Gasteiger partial charge in [-0.05, 0) is 186 Å². The third-order valence-electron chi connectivity index (χ3n) is 18.7. The van der Waals surface area contributed by atoms with Crippen molar-refractivity contribution >= 4 is 39.0 Å². The molecule has 2 nitrogen and oxygen atoms in total. The summed E-state index contributed by atoms with van der Waals surface area (Å²) < 4.78 is 52.8. The van der Waals surface area contributed by atoms with Crippen molar-refractivity contribution in [3.8, 4) is 22.3 Å². The molecule has 1 heterocycles. The fourth-order valence-electron chi connectivity index (χ4n) is 13.7. The van der Waals surface area contributed by atoms with E-state index in [1.165, 1.54) is 44.5 Å². The van der Waals surface area contributed by atoms with E-state index >= 15 is 0 Å². The lowest BCUT2D eigenvalue weighted by Gasteiger charge is -2.42. The molecule has 386 valence electrons. The summed E-state index contributed by atoms with van der Waals surface area (Å²) in [6, 6.07) is 57.0. The number of rotatable bonds is 8. The molecule has 9 aromatic rings. The van der Waals surface area contributed by atoms with Gasteiger partial charge in [0.1, 0.15) is 11.2 Å². The molecule has 76 heavy (non-hydrogen) atoms. The zero-order chi connectivity index (χ0) is 57.8. The van der Waals surface area contributed by atoms with Crippen LogP contribution >= 0.6 is 0 Å². The van der Waals surface area contributed by atoms with Gasteiger partial charge in [-0.2, -0.15) is 0 Å². The highest BCUT2D eigenvalue weighted by Gasteiger charge is 2.40. The Balaban J connectivity index is 1.18. The highest BCUT2D eigenvalue weighted by atomic mass is 16.3. The van der Waals surface area contributed by atoms with Crippen molar-refractivity contribution < 1.29 is 11.3 Å². The molecule has 0 amide bonds. The smallest absolute Gasteiger partial charge is 0.135 e. The fourth-order valence-corrected chi connectivity index (χ4v) is 13.7. The topological polar surface area (TPSA) is 16.4 Å². The normalized spacial score (nSPS) is 19.2. The van der Waals surface area contributed by atoms with Crippen LogP contribution < -0.4 is 4.90 Å². The van der Waals surface area contributed by atoms with E-state index in [1.807, 2.05) is 30.3 Å². The van der Waals surface area contributed by atoms with Gasteiger partial charge in [-0.3, -0.25) is 0 Å². The maximum atomic E-state index is 9.73. The van der Waals surface area contributed by atoms with Crippen LogP contribution in [0.5, 0.6) is 0 Å². The highest BCUT2D eigenvalue weighted by molar-refractivity contribution is 6.05. The summed E-state index contributed by atoms with van der Waals surface area (Å²) in [5, 5.41) is 2.06. The molecule has 0 fully saturated rings. The monoisotopic (exact) mass is 1000 g/mol. The molecule has 0 radical (unpaired) electrons. The Morgan fingerprint density at radius 2 is 1.09 bits per heavy atom. The van der Waals surface area contributed by atoms with Crippen molar-refractivity contribution in [2.24, 2.45) is 0 Å². The molecule has 1 aromatic heterocycles. The molecule has 0 saturated carbocycles. The Morgan fingerprint density at radius 1 is 0.487 bits per heavy atom. The van der Waals surface area contributed by atoms with Crippen LogP contribution in [-0.2, 0) is 38.9 Å². The van der Waals surface area contributed by atoms with Gasteiger partial charge in [0.2, 0.25) is 0 Å². The van der Waals surface area contributed by atoms with Crippen molar-refractivity contribution in [1.29, 1.82) is 0 Å². The summed E-state index contributed by atoms with van der Waals surface area (Å²) in [4.78, 5) is 2.30. The summed E-state index contributed by atoms with van der Waals surface area (Å²) in [5.74, 6) is -0.469. The standard InChI is InChI=1S/C74H79NO/c1-15-46-38-50(68(48-26-31-62-64(42-48)73(11,12)37-35-71(62,7)8)49-24-29-56-55-21-17-19-23-66(55)76-67(56)43-49)40-53(39-46)75(52-28-32-60-58(45-52)54-20-16-18-22-59(54)74(60,13)14)65-33-27-51(69(2,3)4)44-57(65)47-25-30-61-63(41-47)72(9,10)36-34-70(61,5)6/h16-33,38-45,68H,15,34-37H2,1-14H3/i1D3,15D2. The van der Waals surface area contributed by atoms with E-state index in [9.17, 15) is 2.74 Å². The summed E-state index contributed by atoms with van der Waals surface area (Å²) in [6.45, 7) is 27.3. The number of fused-ring (bicyclic) bond motifs is 8. The third-order valence-corrected chi connectivity index (χ3v) is 18.7. The molecule has 3 aliphatic carbocycles. The molecule has 0 bridgehead atoms. The van der Waals surface area contributed by atoms with Crippen LogP contribution in [0.3, 0.4) is 0 Å². The first-order valence-electron chi connectivity index (χ1n) is 30.4. The van der Waals surface area contributed by atoms with Gasteiger partial charge in [0.05, 0.1) is 5.69 Å². The summed E-state index contributed by atoms with van der Waals surface area (Å²) in [7, 11) is 0. The Bertz CT molecular complexity index is 4000. The van der Waals surface area contributed by atoms with E-state index in [0.717, 1.165) is 92.4 Å². The summed E-state index contributed by atoms with van der Waals surface area (Å²) in [6.07, 6.45) is 1.57. The largest absolute Gasteiger partial charge is 0.456 e. The second-order valence-electron chi connectivity index (χ2n) is 27.0. The predicted molar refractivity (Wildman–Crippen MR) is 324 cm³/mol. The van der Waals surface area contributed by atoms with Gasteiger partial charge in [-0.15, -0.1) is 0 Å². The SMILES string of the molecule is [2H]C([2H])([2H])C([2H])([2H])c1cc(C(c2ccc3c(c2)C(C)(C)CCC3(C)C)c2ccc3c(c2)oc2ccccc23)cc(N(c2ccc3c(c2)-c2ccccc2C3(C)C)c2ccc(C(C)(C)C)cc2-c2ccc3c(c2)C(C)(C)CCC3(C)C)c1. The van der Waals surface area contributed by atoms with Crippen molar-refractivity contribution in [2.45, 2.75) is 167 Å². The average Bonchev–Trinajstić information content (AvgIpc) is 3.27. The van der Waals surface area contributed by atoms with E-state index in [0.29, 0.717) is 5.69 Å². The van der Waals surface area contributed by atoms with Gasteiger partial charge in [0, 0.05) is 45.9 Å². The predicted octanol–water partition coefficient (Wildman–Crippen LogP) is 20.8. The Hall–Kier alpha value is -6.64. The van der Waals surface area contributed by atoms with Crippen LogP contribution in [0.1, 0.15) is 197 Å². The maximum absolute atomic E-state index is 9.73. The summed E-state index contributed by atoms with van der Waals surface area (Å²) in [5.41, 5.74) is 19.9. The molecule has 0 aliphatic heterocycles. The molecule has 0 spiro atoms. The first-order chi connectivity index (χ1) is 37.9. The van der Waals surface area contributed by atoms with E-state index in [4.69, 9.17) is 8.53 Å². The fraction of sp³-hybridized carbons (Fsp3) is 0.351. The molecule has 0 N–H and O–H groups in total. The van der Waals surface area contributed by atoms with Crippen molar-refractivity contribution in [3.63, 3.8) is 0 Å². The number of hydrogen-bond acceptors (Lipinski definition) is 2. The molecule has 3 aliphatic rings. The average molecular weight is 1000 g/mol. The van der Waals surface area contributed by atoms with Gasteiger partial charge in [-0.25, -0.2) is 0 Å². The number of anilines is 3. The number of aryl methyl sites for hydroxylation is 1. The van der Waals surface area contributed by atoms with E-state index in [1.54, 1.807) is 0 Å². The van der Waals surface area contributed by atoms with Crippen LogP contribution in [0.15, 0.2) is 162 Å². The lowest BCUT2D eigenvalue weighted by atomic mass is 9.62. The molecule has 12 rings (SSSR count). The molecule has 2 heteroatoms. The molecule has 1 atom stereocenters. The van der Waals surface area contributed by atoms with Crippen molar-refractivity contribution in [1.82, 2.24) is 0 Å². The van der Waals surface area contributed by atoms with E-state index in [2.05, 4.69) is 222 Å². The third kappa shape index (κ3) is 8.19. The van der Waals surface area contributed by atoms with Gasteiger partial charge >= 0.3 is 0 Å². The van der Waals surface area contributed by atoms with E-state index < -0.39 is 19.1 Å². The second kappa shape index (κ2) is 17.4. The minimum absolute atomic E-state index is 0.0219. The van der Waals surface area contributed by atoms with Crippen LogP contribution in [0, 0.1) is 0 Å². The van der Waals surface area contributed by atoms with Crippen LogP contribution in [-0.4, -0.2) is 0 Å². The Labute approximate surface area is 461 Å². The lowest BCUT2D eigenvalue weighted by molar-refractivity contribution is 0.331. The van der Waals surface area contributed by atoms with Gasteiger partial charge in [0.15, 0.2) is 0 Å². The first kappa shape index (κ1) is 44.5. The Morgan fingerprint density at radius 3 is 1.82 bits per heavy atom. The number of furan rings is 1. The highest BCUT2D eigenvalue weighted by Crippen LogP contribution is 2.54. The quantitative estimate of drug-likeness (QED) is 0.141. The molecule has 0 saturated heterocycles. The second-order valence-corrected chi connectivity index (χ2v) is 27.0. The molecular weight excluding hydrogens is 919 g/mol. The minimum Gasteiger partial charge on any atom is -0.456 e. The zero-order valence-electron chi connectivity index (χ0n) is 52.3. The maximum Gasteiger partial charge on any atom is 0.135 e. The van der Waals surface area contributed by atoms with Crippen molar-refractivity contribution in [3.05, 3.63) is 219 Å². The van der Waals surface area contributed by atoms with Gasteiger partial charge < -0.3 is 9.32 Å². The number of para-hydroxylation sites is 1. The van der Waals surface area contributed by atoms with Crippen LogP contribution in [0.4, 0.5) is 17.1 Å². The number of benzene rings is 8. The van der Waals surface area contributed by atoms with Crippen molar-refractivity contribution in [2.75, 3.05) is 4.90 Å².